The fraction of sp³-hybridized carbons (Fsp3) is 0.571. The number of rotatable bonds is 2. The Balaban J connectivity index is 2.20. The van der Waals surface area contributed by atoms with Crippen molar-refractivity contribution in [1.82, 2.24) is 9.62 Å². The Bertz CT molecular complexity index is 492. The predicted octanol–water partition coefficient (Wildman–Crippen LogP) is 1.44. The van der Waals surface area contributed by atoms with Crippen LogP contribution in [0, 0.1) is 0 Å². The fourth-order valence-electron chi connectivity index (χ4n) is 2.54. The molecule has 0 amide bonds. The van der Waals surface area contributed by atoms with Crippen LogP contribution in [0.5, 0.6) is 0 Å². The maximum Gasteiger partial charge on any atom is 0.211 e. The van der Waals surface area contributed by atoms with Crippen molar-refractivity contribution >= 4 is 10.0 Å². The second kappa shape index (κ2) is 6.50. The van der Waals surface area contributed by atoms with Crippen molar-refractivity contribution < 1.29 is 8.42 Å². The molecule has 106 valence electrons. The molecule has 19 heavy (non-hydrogen) atoms. The number of allylic oxidation sites excluding steroid dienone is 5. The molecule has 0 aromatic heterocycles. The first-order chi connectivity index (χ1) is 9.07. The van der Waals surface area contributed by atoms with Gasteiger partial charge in [-0.2, -0.15) is 4.31 Å². The normalized spacial score (nSPS) is 28.3. The van der Waals surface area contributed by atoms with Crippen LogP contribution in [-0.2, 0) is 10.0 Å². The molecule has 0 aromatic carbocycles. The minimum atomic E-state index is -3.16. The Morgan fingerprint density at radius 3 is 2.89 bits per heavy atom. The topological polar surface area (TPSA) is 49.4 Å². The lowest BCUT2D eigenvalue weighted by Crippen LogP contribution is -2.45. The van der Waals surface area contributed by atoms with Gasteiger partial charge in [0.25, 0.3) is 0 Å². The summed E-state index contributed by atoms with van der Waals surface area (Å²) in [5, 5.41) is 3.26. The summed E-state index contributed by atoms with van der Waals surface area (Å²) >= 11 is 0. The van der Waals surface area contributed by atoms with E-state index < -0.39 is 10.0 Å². The third-order valence-corrected chi connectivity index (χ3v) is 4.78. The quantitative estimate of drug-likeness (QED) is 0.834. The Kier molecular flexibility index (Phi) is 4.96. The molecule has 0 saturated carbocycles. The third-order valence-electron chi connectivity index (χ3n) is 3.48. The van der Waals surface area contributed by atoms with E-state index in [1.807, 2.05) is 12.2 Å². The smallest absolute Gasteiger partial charge is 0.211 e. The van der Waals surface area contributed by atoms with Crippen LogP contribution in [0.3, 0.4) is 0 Å². The lowest BCUT2D eigenvalue weighted by atomic mass is 10.0. The summed E-state index contributed by atoms with van der Waals surface area (Å²) in [6.45, 7) is 2.24. The molecule has 1 saturated heterocycles. The van der Waals surface area contributed by atoms with Gasteiger partial charge in [0.15, 0.2) is 0 Å². The molecule has 1 N–H and O–H groups in total. The van der Waals surface area contributed by atoms with Crippen LogP contribution in [0.1, 0.15) is 19.3 Å². The lowest BCUT2D eigenvalue weighted by Gasteiger charge is -2.30. The zero-order chi connectivity index (χ0) is 13.7. The maximum atomic E-state index is 11.9. The van der Waals surface area contributed by atoms with Gasteiger partial charge in [0.05, 0.1) is 6.26 Å². The monoisotopic (exact) mass is 282 g/mol. The van der Waals surface area contributed by atoms with E-state index in [4.69, 9.17) is 0 Å². The van der Waals surface area contributed by atoms with Crippen molar-refractivity contribution in [2.75, 3.05) is 25.9 Å². The minimum Gasteiger partial charge on any atom is -0.315 e. The predicted molar refractivity (Wildman–Crippen MR) is 78.4 cm³/mol. The van der Waals surface area contributed by atoms with Crippen LogP contribution in [0.4, 0.5) is 0 Å². The van der Waals surface area contributed by atoms with Gasteiger partial charge in [0.1, 0.15) is 0 Å². The molecule has 0 spiro atoms. The summed E-state index contributed by atoms with van der Waals surface area (Å²) < 4.78 is 25.5. The highest BCUT2D eigenvalue weighted by atomic mass is 32.2. The van der Waals surface area contributed by atoms with E-state index in [1.54, 1.807) is 4.31 Å². The molecule has 0 bridgehead atoms. The van der Waals surface area contributed by atoms with Crippen LogP contribution in [-0.4, -0.2) is 44.7 Å². The maximum absolute atomic E-state index is 11.9. The molecular formula is C14H22N2O2S. The average molecular weight is 282 g/mol. The molecule has 4 nitrogen and oxygen atoms in total. The van der Waals surface area contributed by atoms with Gasteiger partial charge in [0, 0.05) is 19.1 Å². The first kappa shape index (κ1) is 14.5. The van der Waals surface area contributed by atoms with Gasteiger partial charge in [-0.25, -0.2) is 8.42 Å². The Labute approximate surface area is 115 Å². The summed E-state index contributed by atoms with van der Waals surface area (Å²) in [6.07, 6.45) is 14.4. The number of hydrogen-bond acceptors (Lipinski definition) is 3. The number of sulfonamides is 1. The van der Waals surface area contributed by atoms with Crippen molar-refractivity contribution in [2.45, 2.75) is 25.3 Å². The highest BCUT2D eigenvalue weighted by Crippen LogP contribution is 2.19. The first-order valence-corrected chi connectivity index (χ1v) is 8.63. The Hall–Kier alpha value is -0.910. The number of nitrogens with one attached hydrogen (secondary N) is 1. The van der Waals surface area contributed by atoms with Gasteiger partial charge in [0.2, 0.25) is 10.0 Å². The van der Waals surface area contributed by atoms with E-state index in [-0.39, 0.29) is 6.04 Å². The summed E-state index contributed by atoms with van der Waals surface area (Å²) in [7, 11) is -3.16. The summed E-state index contributed by atoms with van der Waals surface area (Å²) in [5.41, 5.74) is 1.20. The molecule has 1 heterocycles. The zero-order valence-corrected chi connectivity index (χ0v) is 12.2. The van der Waals surface area contributed by atoms with E-state index in [0.29, 0.717) is 6.54 Å². The van der Waals surface area contributed by atoms with Gasteiger partial charge in [-0.15, -0.1) is 0 Å². The second-order valence-corrected chi connectivity index (χ2v) is 7.00. The van der Waals surface area contributed by atoms with Crippen LogP contribution in [0.25, 0.3) is 0 Å². The molecule has 1 fully saturated rings. The van der Waals surface area contributed by atoms with Crippen molar-refractivity contribution in [1.29, 1.82) is 0 Å². The SMILES string of the molecule is CS(=O)(=O)N1CCNCCCC1C=C1C=CC=CC1. The van der Waals surface area contributed by atoms with Gasteiger partial charge >= 0.3 is 0 Å². The van der Waals surface area contributed by atoms with E-state index in [2.05, 4.69) is 23.5 Å². The second-order valence-electron chi connectivity index (χ2n) is 5.07. The van der Waals surface area contributed by atoms with E-state index in [0.717, 1.165) is 32.4 Å². The zero-order valence-electron chi connectivity index (χ0n) is 11.4. The van der Waals surface area contributed by atoms with E-state index >= 15 is 0 Å². The van der Waals surface area contributed by atoms with Crippen LogP contribution >= 0.6 is 0 Å². The summed E-state index contributed by atoms with van der Waals surface area (Å²) in [5.74, 6) is 0. The molecular weight excluding hydrogens is 260 g/mol. The molecule has 0 aromatic rings. The summed E-state index contributed by atoms with van der Waals surface area (Å²) in [4.78, 5) is 0. The molecule has 1 unspecified atom stereocenters. The highest BCUT2D eigenvalue weighted by Gasteiger charge is 2.25. The van der Waals surface area contributed by atoms with Crippen molar-refractivity contribution in [3.05, 3.63) is 36.0 Å². The first-order valence-electron chi connectivity index (χ1n) is 6.79. The van der Waals surface area contributed by atoms with Gasteiger partial charge in [-0.05, 0) is 31.4 Å². The number of hydrogen-bond donors (Lipinski definition) is 1. The minimum absolute atomic E-state index is 0.0109. The van der Waals surface area contributed by atoms with Gasteiger partial charge in [-0.1, -0.05) is 30.4 Å². The standard InChI is InChI=1S/C14H22N2O2S/c1-19(17,18)16-11-10-15-9-5-8-14(16)12-13-6-3-2-4-7-13/h2-4,6,12,14-15H,5,7-11H2,1H3. The van der Waals surface area contributed by atoms with Crippen LogP contribution in [0.2, 0.25) is 0 Å². The Morgan fingerprint density at radius 2 is 2.21 bits per heavy atom. The van der Waals surface area contributed by atoms with Crippen LogP contribution in [0.15, 0.2) is 36.0 Å². The van der Waals surface area contributed by atoms with Crippen molar-refractivity contribution in [2.24, 2.45) is 0 Å². The Morgan fingerprint density at radius 1 is 1.37 bits per heavy atom. The van der Waals surface area contributed by atoms with Crippen molar-refractivity contribution in [3.8, 4) is 0 Å². The molecule has 1 aliphatic carbocycles. The molecule has 2 aliphatic rings. The molecule has 5 heteroatoms. The van der Waals surface area contributed by atoms with Crippen LogP contribution < -0.4 is 5.32 Å². The average Bonchev–Trinajstić information content (AvgIpc) is 2.32. The molecule has 1 aliphatic heterocycles. The van der Waals surface area contributed by atoms with Gasteiger partial charge < -0.3 is 5.32 Å². The van der Waals surface area contributed by atoms with Gasteiger partial charge in [-0.3, -0.25) is 0 Å². The molecule has 2 rings (SSSR count). The molecule has 0 radical (unpaired) electrons. The van der Waals surface area contributed by atoms with E-state index in [9.17, 15) is 8.42 Å². The lowest BCUT2D eigenvalue weighted by molar-refractivity contribution is 0.321. The third kappa shape index (κ3) is 4.30. The summed E-state index contributed by atoms with van der Waals surface area (Å²) in [6, 6.07) is -0.0109. The number of nitrogens with zero attached hydrogens (tertiary/aromatic N) is 1. The highest BCUT2D eigenvalue weighted by molar-refractivity contribution is 7.88. The fourth-order valence-corrected chi connectivity index (χ4v) is 3.62. The molecule has 1 atom stereocenters. The largest absolute Gasteiger partial charge is 0.315 e. The van der Waals surface area contributed by atoms with E-state index in [1.165, 1.54) is 11.8 Å². The van der Waals surface area contributed by atoms with Crippen molar-refractivity contribution in [3.63, 3.8) is 0 Å².